The summed E-state index contributed by atoms with van der Waals surface area (Å²) in [5.41, 5.74) is 0. The van der Waals surface area contributed by atoms with Crippen molar-refractivity contribution >= 4 is 11.8 Å². The Balaban J connectivity index is 2.28. The summed E-state index contributed by atoms with van der Waals surface area (Å²) in [6, 6.07) is 4.11. The zero-order chi connectivity index (χ0) is 7.94. The lowest BCUT2D eigenvalue weighted by atomic mass is 10.4. The normalized spacial score (nSPS) is 9.91. The molecule has 11 heavy (non-hydrogen) atoms. The van der Waals surface area contributed by atoms with E-state index in [1.54, 1.807) is 0 Å². The highest BCUT2D eigenvalue weighted by Gasteiger charge is 1.90. The molecule has 0 saturated carbocycles. The molecule has 0 aliphatic carbocycles. The van der Waals surface area contributed by atoms with Crippen molar-refractivity contribution in [2.75, 3.05) is 5.75 Å². The predicted molar refractivity (Wildman–Crippen MR) is 49.9 cm³/mol. The summed E-state index contributed by atoms with van der Waals surface area (Å²) in [6.07, 6.45) is 6.26. The molecule has 0 radical (unpaired) electrons. The van der Waals surface area contributed by atoms with E-state index in [1.807, 2.05) is 24.2 Å². The number of nitrogens with zero attached hydrogens (tertiary/aromatic N) is 1. The topological polar surface area (TPSA) is 12.9 Å². The number of thioether (sulfide) groups is 1. The monoisotopic (exact) mass is 167 g/mol. The third-order valence-corrected chi connectivity index (χ3v) is 2.51. The Labute approximate surface area is 72.2 Å². The Kier molecular flexibility index (Phi) is 4.06. The number of hydrogen-bond acceptors (Lipinski definition) is 2. The van der Waals surface area contributed by atoms with Gasteiger partial charge in [-0.05, 0) is 24.3 Å². The zero-order valence-electron chi connectivity index (χ0n) is 6.79. The Hall–Kier alpha value is -0.500. The van der Waals surface area contributed by atoms with Gasteiger partial charge < -0.3 is 0 Å². The van der Waals surface area contributed by atoms with Crippen molar-refractivity contribution < 1.29 is 0 Å². The predicted octanol–water partition coefficient (Wildman–Crippen LogP) is 2.97. The first-order valence-electron chi connectivity index (χ1n) is 3.96. The third kappa shape index (κ3) is 3.42. The van der Waals surface area contributed by atoms with E-state index in [4.69, 9.17) is 0 Å². The molecule has 0 aromatic carbocycles. The molecule has 0 N–H and O–H groups in total. The lowest BCUT2D eigenvalue weighted by molar-refractivity contribution is 0.896. The lowest BCUT2D eigenvalue weighted by Gasteiger charge is -1.97. The lowest BCUT2D eigenvalue weighted by Crippen LogP contribution is -1.78. The van der Waals surface area contributed by atoms with Crippen LogP contribution in [0.5, 0.6) is 0 Å². The second kappa shape index (κ2) is 5.19. The zero-order valence-corrected chi connectivity index (χ0v) is 7.60. The van der Waals surface area contributed by atoms with E-state index >= 15 is 0 Å². The Morgan fingerprint density at radius 2 is 2.09 bits per heavy atom. The van der Waals surface area contributed by atoms with Gasteiger partial charge in [0.05, 0.1) is 0 Å². The van der Waals surface area contributed by atoms with Crippen LogP contribution in [-0.4, -0.2) is 10.7 Å². The molecular weight excluding hydrogens is 154 g/mol. The van der Waals surface area contributed by atoms with E-state index in [0.29, 0.717) is 0 Å². The molecule has 1 aromatic heterocycles. The van der Waals surface area contributed by atoms with E-state index in [0.717, 1.165) is 0 Å². The van der Waals surface area contributed by atoms with Gasteiger partial charge in [0.15, 0.2) is 0 Å². The summed E-state index contributed by atoms with van der Waals surface area (Å²) in [5.74, 6) is 1.22. The molecule has 0 fully saturated rings. The van der Waals surface area contributed by atoms with Gasteiger partial charge >= 0.3 is 0 Å². The molecule has 0 aliphatic heterocycles. The molecular formula is C9H13NS. The van der Waals surface area contributed by atoms with Crippen molar-refractivity contribution in [3.8, 4) is 0 Å². The highest BCUT2D eigenvalue weighted by molar-refractivity contribution is 7.99. The minimum Gasteiger partial charge on any atom is -0.265 e. The Bertz CT molecular complexity index is 186. The molecule has 1 rings (SSSR count). The third-order valence-electron chi connectivity index (χ3n) is 1.42. The quantitative estimate of drug-likeness (QED) is 0.505. The molecule has 1 nitrogen and oxygen atoms in total. The summed E-state index contributed by atoms with van der Waals surface area (Å²) in [6.45, 7) is 2.22. The number of rotatable bonds is 4. The first-order chi connectivity index (χ1) is 5.43. The standard InChI is InChI=1S/C9H13NS/c1-2-3-8-11-9-4-6-10-7-5-9/h4-7H,2-3,8H2,1H3. The molecule has 0 bridgehead atoms. The first-order valence-corrected chi connectivity index (χ1v) is 4.95. The molecule has 0 aliphatic rings. The SMILES string of the molecule is CCCCSc1ccncc1. The van der Waals surface area contributed by atoms with Gasteiger partial charge in [-0.25, -0.2) is 0 Å². The molecule has 1 aromatic rings. The van der Waals surface area contributed by atoms with Gasteiger partial charge in [0.1, 0.15) is 0 Å². The number of unbranched alkanes of at least 4 members (excludes halogenated alkanes) is 1. The van der Waals surface area contributed by atoms with E-state index in [2.05, 4.69) is 24.0 Å². The fourth-order valence-corrected chi connectivity index (χ4v) is 1.75. The van der Waals surface area contributed by atoms with Crippen molar-refractivity contribution in [3.63, 3.8) is 0 Å². The summed E-state index contributed by atoms with van der Waals surface area (Å²) < 4.78 is 0. The Morgan fingerprint density at radius 1 is 1.36 bits per heavy atom. The van der Waals surface area contributed by atoms with E-state index < -0.39 is 0 Å². The summed E-state index contributed by atoms with van der Waals surface area (Å²) in [5, 5.41) is 0. The maximum Gasteiger partial charge on any atom is 0.0278 e. The summed E-state index contributed by atoms with van der Waals surface area (Å²) >= 11 is 1.90. The van der Waals surface area contributed by atoms with Gasteiger partial charge in [0, 0.05) is 17.3 Å². The smallest absolute Gasteiger partial charge is 0.0278 e. The van der Waals surface area contributed by atoms with Crippen molar-refractivity contribution in [1.82, 2.24) is 4.98 Å². The molecule has 60 valence electrons. The molecule has 1 heterocycles. The van der Waals surface area contributed by atoms with Gasteiger partial charge in [-0.1, -0.05) is 13.3 Å². The number of aromatic nitrogens is 1. The van der Waals surface area contributed by atoms with Gasteiger partial charge in [0.2, 0.25) is 0 Å². The highest BCUT2D eigenvalue weighted by atomic mass is 32.2. The average molecular weight is 167 g/mol. The van der Waals surface area contributed by atoms with Crippen LogP contribution in [0.25, 0.3) is 0 Å². The second-order valence-corrected chi connectivity index (χ2v) is 3.55. The van der Waals surface area contributed by atoms with Gasteiger partial charge in [-0.15, -0.1) is 11.8 Å². The van der Waals surface area contributed by atoms with Crippen LogP contribution in [0.3, 0.4) is 0 Å². The molecule has 0 unspecified atom stereocenters. The minimum absolute atomic E-state index is 1.22. The summed E-state index contributed by atoms with van der Waals surface area (Å²) in [4.78, 5) is 5.29. The minimum atomic E-state index is 1.22. The fourth-order valence-electron chi connectivity index (χ4n) is 0.769. The van der Waals surface area contributed by atoms with Crippen LogP contribution in [0.1, 0.15) is 19.8 Å². The fraction of sp³-hybridized carbons (Fsp3) is 0.444. The van der Waals surface area contributed by atoms with Crippen LogP contribution in [0, 0.1) is 0 Å². The summed E-state index contributed by atoms with van der Waals surface area (Å²) in [7, 11) is 0. The van der Waals surface area contributed by atoms with E-state index in [9.17, 15) is 0 Å². The molecule has 0 saturated heterocycles. The van der Waals surface area contributed by atoms with Gasteiger partial charge in [-0.3, -0.25) is 4.98 Å². The number of hydrogen-bond donors (Lipinski definition) is 0. The maximum absolute atomic E-state index is 3.96. The molecule has 2 heteroatoms. The van der Waals surface area contributed by atoms with E-state index in [1.165, 1.54) is 23.5 Å². The van der Waals surface area contributed by atoms with Crippen LogP contribution in [-0.2, 0) is 0 Å². The number of pyridine rings is 1. The largest absolute Gasteiger partial charge is 0.265 e. The highest BCUT2D eigenvalue weighted by Crippen LogP contribution is 2.17. The van der Waals surface area contributed by atoms with Crippen molar-refractivity contribution in [2.45, 2.75) is 24.7 Å². The van der Waals surface area contributed by atoms with Gasteiger partial charge in [0.25, 0.3) is 0 Å². The van der Waals surface area contributed by atoms with Crippen LogP contribution >= 0.6 is 11.8 Å². The first kappa shape index (κ1) is 8.60. The van der Waals surface area contributed by atoms with Crippen LogP contribution in [0.15, 0.2) is 29.4 Å². The van der Waals surface area contributed by atoms with E-state index in [-0.39, 0.29) is 0 Å². The second-order valence-electron chi connectivity index (χ2n) is 2.38. The Morgan fingerprint density at radius 3 is 2.73 bits per heavy atom. The molecule has 0 atom stereocenters. The molecule has 0 spiro atoms. The van der Waals surface area contributed by atoms with Crippen molar-refractivity contribution in [1.29, 1.82) is 0 Å². The average Bonchev–Trinajstić information content (AvgIpc) is 2.07. The van der Waals surface area contributed by atoms with Crippen molar-refractivity contribution in [2.24, 2.45) is 0 Å². The van der Waals surface area contributed by atoms with Gasteiger partial charge in [-0.2, -0.15) is 0 Å². The van der Waals surface area contributed by atoms with Crippen LogP contribution in [0.2, 0.25) is 0 Å². The van der Waals surface area contributed by atoms with Crippen LogP contribution in [0.4, 0.5) is 0 Å². The molecule has 0 amide bonds. The van der Waals surface area contributed by atoms with Crippen molar-refractivity contribution in [3.05, 3.63) is 24.5 Å². The maximum atomic E-state index is 3.96. The van der Waals surface area contributed by atoms with Crippen LogP contribution < -0.4 is 0 Å².